The average molecular weight is 605 g/mol. The van der Waals surface area contributed by atoms with Crippen molar-refractivity contribution >= 4 is 11.9 Å². The Balaban J connectivity index is 1.49. The first-order valence-electron chi connectivity index (χ1n) is 15.0. The molecule has 2 aliphatic rings. The molecule has 3 N–H and O–H groups in total. The van der Waals surface area contributed by atoms with Gasteiger partial charge in [-0.15, -0.1) is 0 Å². The van der Waals surface area contributed by atoms with Gasteiger partial charge in [-0.3, -0.25) is 9.59 Å². The van der Waals surface area contributed by atoms with Crippen LogP contribution < -0.4 is 9.47 Å². The van der Waals surface area contributed by atoms with E-state index in [1.165, 1.54) is 21.1 Å². The van der Waals surface area contributed by atoms with E-state index in [2.05, 4.69) is 0 Å². The number of rotatable bonds is 8. The van der Waals surface area contributed by atoms with E-state index < -0.39 is 24.1 Å². The number of carbonyl (C=O) groups is 2. The van der Waals surface area contributed by atoms with E-state index >= 15 is 0 Å². The van der Waals surface area contributed by atoms with Crippen LogP contribution in [0.5, 0.6) is 23.0 Å². The molecule has 1 fully saturated rings. The Labute approximate surface area is 257 Å². The van der Waals surface area contributed by atoms with Gasteiger partial charge in [-0.1, -0.05) is 30.3 Å². The standard InChI is InChI=1S/C35H40O9/c1-20(37)43-32-18-28(44-35(40)10-21-5-4-6-22(9-21)19-36)13-24(23-7-8-30(38)33(16-23)41-2)11-27-12-25-15-31(39)34(42-3)17-26(25)14-29(27)32/h4-9,15-17,24,27-29,32,36,38-39H,10-14,18-19H2,1-3H3/t24-,27-,28-,29-,32-/m0/s1. The van der Waals surface area contributed by atoms with Crippen LogP contribution >= 0.6 is 0 Å². The summed E-state index contributed by atoms with van der Waals surface area (Å²) in [4.78, 5) is 25.6. The van der Waals surface area contributed by atoms with Gasteiger partial charge in [-0.25, -0.2) is 0 Å². The van der Waals surface area contributed by atoms with E-state index in [0.29, 0.717) is 49.2 Å². The maximum atomic E-state index is 13.3. The number of methoxy groups -OCH3 is 2. The Morgan fingerprint density at radius 2 is 1.55 bits per heavy atom. The number of fused-ring (bicyclic) bond motifs is 2. The van der Waals surface area contributed by atoms with Crippen molar-refractivity contribution in [1.29, 1.82) is 0 Å². The molecule has 0 aliphatic heterocycles. The number of aliphatic hydroxyl groups excluding tert-OH is 1. The van der Waals surface area contributed by atoms with Crippen molar-refractivity contribution in [2.24, 2.45) is 11.8 Å². The normalized spacial score (nSPS) is 22.9. The van der Waals surface area contributed by atoms with Crippen LogP contribution in [0, 0.1) is 11.8 Å². The van der Waals surface area contributed by atoms with Crippen LogP contribution in [0.2, 0.25) is 0 Å². The number of hydrogen-bond donors (Lipinski definition) is 3. The highest BCUT2D eigenvalue weighted by Gasteiger charge is 2.42. The van der Waals surface area contributed by atoms with Crippen molar-refractivity contribution in [2.45, 2.75) is 70.2 Å². The molecule has 5 rings (SSSR count). The van der Waals surface area contributed by atoms with Gasteiger partial charge in [0.1, 0.15) is 12.2 Å². The highest BCUT2D eigenvalue weighted by atomic mass is 16.6. The van der Waals surface area contributed by atoms with E-state index in [-0.39, 0.29) is 42.3 Å². The molecule has 0 radical (unpaired) electrons. The minimum atomic E-state index is -0.547. The van der Waals surface area contributed by atoms with Gasteiger partial charge < -0.3 is 34.3 Å². The van der Waals surface area contributed by atoms with Crippen LogP contribution in [0.25, 0.3) is 0 Å². The van der Waals surface area contributed by atoms with Gasteiger partial charge in [-0.2, -0.15) is 0 Å². The summed E-state index contributed by atoms with van der Waals surface area (Å²) in [6, 6.07) is 16.1. The Hall–Kier alpha value is -4.24. The lowest BCUT2D eigenvalue weighted by Gasteiger charge is -2.43. The third kappa shape index (κ3) is 7.10. The second-order valence-electron chi connectivity index (χ2n) is 11.9. The van der Waals surface area contributed by atoms with Gasteiger partial charge in [0.2, 0.25) is 0 Å². The van der Waals surface area contributed by atoms with Crippen LogP contribution in [-0.4, -0.2) is 53.7 Å². The maximum Gasteiger partial charge on any atom is 0.310 e. The summed E-state index contributed by atoms with van der Waals surface area (Å²) in [5.74, 6) is 0.0633. The lowest BCUT2D eigenvalue weighted by atomic mass is 9.66. The van der Waals surface area contributed by atoms with E-state index in [0.717, 1.165) is 22.3 Å². The number of phenols is 2. The van der Waals surface area contributed by atoms with Gasteiger partial charge in [-0.05, 0) is 89.6 Å². The number of ether oxygens (including phenoxy) is 4. The predicted octanol–water partition coefficient (Wildman–Crippen LogP) is 4.99. The Bertz CT molecular complexity index is 1500. The van der Waals surface area contributed by atoms with Crippen LogP contribution in [-0.2, 0) is 44.9 Å². The summed E-state index contributed by atoms with van der Waals surface area (Å²) in [5.41, 5.74) is 4.46. The van der Waals surface area contributed by atoms with Gasteiger partial charge in [0, 0.05) is 19.3 Å². The van der Waals surface area contributed by atoms with Crippen molar-refractivity contribution < 1.29 is 43.9 Å². The van der Waals surface area contributed by atoms with Crippen LogP contribution in [0.4, 0.5) is 0 Å². The van der Waals surface area contributed by atoms with Gasteiger partial charge in [0.15, 0.2) is 23.0 Å². The maximum absolute atomic E-state index is 13.3. The smallest absolute Gasteiger partial charge is 0.310 e. The summed E-state index contributed by atoms with van der Waals surface area (Å²) >= 11 is 0. The van der Waals surface area contributed by atoms with Crippen LogP contribution in [0.1, 0.15) is 59.9 Å². The molecule has 3 aromatic carbocycles. The third-order valence-corrected chi connectivity index (χ3v) is 8.96. The summed E-state index contributed by atoms with van der Waals surface area (Å²) in [7, 11) is 3.02. The van der Waals surface area contributed by atoms with Gasteiger partial charge >= 0.3 is 11.9 Å². The van der Waals surface area contributed by atoms with Gasteiger partial charge in [0.05, 0.1) is 27.2 Å². The average Bonchev–Trinajstić information content (AvgIpc) is 2.99. The molecule has 44 heavy (non-hydrogen) atoms. The second-order valence-corrected chi connectivity index (χ2v) is 11.9. The first-order valence-corrected chi connectivity index (χ1v) is 15.0. The van der Waals surface area contributed by atoms with Crippen molar-refractivity contribution in [3.8, 4) is 23.0 Å². The molecule has 0 saturated heterocycles. The molecule has 234 valence electrons. The first kappa shape index (κ1) is 31.2. The molecule has 3 aromatic rings. The molecule has 1 saturated carbocycles. The highest BCUT2D eigenvalue weighted by molar-refractivity contribution is 5.73. The Morgan fingerprint density at radius 3 is 2.27 bits per heavy atom. The lowest BCUT2D eigenvalue weighted by molar-refractivity contribution is -0.159. The van der Waals surface area contributed by atoms with Crippen LogP contribution in [0.3, 0.4) is 0 Å². The number of aromatic hydroxyl groups is 2. The molecule has 0 spiro atoms. The molecule has 0 aromatic heterocycles. The summed E-state index contributed by atoms with van der Waals surface area (Å²) in [6.45, 7) is 1.27. The van der Waals surface area contributed by atoms with E-state index in [1.807, 2.05) is 24.3 Å². The highest BCUT2D eigenvalue weighted by Crippen LogP contribution is 2.46. The molecule has 0 heterocycles. The minimum absolute atomic E-state index is 0.0407. The fraction of sp³-hybridized carbons (Fsp3) is 0.429. The lowest BCUT2D eigenvalue weighted by Crippen LogP contribution is -2.43. The zero-order chi connectivity index (χ0) is 31.4. The minimum Gasteiger partial charge on any atom is -0.504 e. The number of esters is 2. The zero-order valence-corrected chi connectivity index (χ0v) is 25.3. The number of aliphatic hydroxyl groups is 1. The van der Waals surface area contributed by atoms with E-state index in [1.54, 1.807) is 30.3 Å². The monoisotopic (exact) mass is 604 g/mol. The molecular formula is C35H40O9. The molecule has 9 nitrogen and oxygen atoms in total. The van der Waals surface area contributed by atoms with Gasteiger partial charge in [0.25, 0.3) is 0 Å². The Kier molecular flexibility index (Phi) is 9.64. The molecule has 5 atom stereocenters. The quantitative estimate of drug-likeness (QED) is 0.304. The fourth-order valence-corrected chi connectivity index (χ4v) is 6.95. The van der Waals surface area contributed by atoms with E-state index in [9.17, 15) is 24.9 Å². The molecule has 2 aliphatic carbocycles. The third-order valence-electron chi connectivity index (χ3n) is 8.96. The molecule has 0 unspecified atom stereocenters. The summed E-state index contributed by atoms with van der Waals surface area (Å²) in [5, 5.41) is 30.3. The number of carbonyl (C=O) groups excluding carboxylic acids is 2. The molecule has 9 heteroatoms. The van der Waals surface area contributed by atoms with Crippen molar-refractivity contribution in [1.82, 2.24) is 0 Å². The zero-order valence-electron chi connectivity index (χ0n) is 25.3. The SMILES string of the molecule is COc1cc([C@@H]2C[C@H](OC(=O)Cc3cccc(CO)c3)C[C@H](OC(C)=O)[C@H]3Cc4cc(OC)c(O)cc4C[C@@H]3C2)ccc1O. The number of hydrogen-bond acceptors (Lipinski definition) is 9. The van der Waals surface area contributed by atoms with Crippen molar-refractivity contribution in [3.05, 3.63) is 82.4 Å². The summed E-state index contributed by atoms with van der Waals surface area (Å²) in [6.07, 6.45) is 1.81. The topological polar surface area (TPSA) is 132 Å². The Morgan fingerprint density at radius 1 is 0.818 bits per heavy atom. The number of benzene rings is 3. The van der Waals surface area contributed by atoms with Crippen molar-refractivity contribution in [3.63, 3.8) is 0 Å². The van der Waals surface area contributed by atoms with E-state index in [4.69, 9.17) is 18.9 Å². The largest absolute Gasteiger partial charge is 0.504 e. The number of phenolic OH excluding ortho intramolecular Hbond substituents is 2. The fourth-order valence-electron chi connectivity index (χ4n) is 6.95. The first-order chi connectivity index (χ1) is 21.2. The molecule has 0 amide bonds. The molecule has 0 bridgehead atoms. The molecular weight excluding hydrogens is 564 g/mol. The second kappa shape index (κ2) is 13.6. The summed E-state index contributed by atoms with van der Waals surface area (Å²) < 4.78 is 22.9. The predicted molar refractivity (Wildman–Crippen MR) is 162 cm³/mol. The van der Waals surface area contributed by atoms with Crippen LogP contribution in [0.15, 0.2) is 54.6 Å². The van der Waals surface area contributed by atoms with Crippen molar-refractivity contribution in [2.75, 3.05) is 14.2 Å².